The van der Waals surface area contributed by atoms with Gasteiger partial charge in [0.1, 0.15) is 9.84 Å². The van der Waals surface area contributed by atoms with Gasteiger partial charge in [-0.15, -0.1) is 0 Å². The third-order valence-corrected chi connectivity index (χ3v) is 3.14. The van der Waals surface area contributed by atoms with Crippen molar-refractivity contribution < 1.29 is 13.2 Å². The highest BCUT2D eigenvalue weighted by atomic mass is 32.2. The van der Waals surface area contributed by atoms with Gasteiger partial charge in [0, 0.05) is 19.0 Å². The first-order chi connectivity index (χ1) is 8.37. The van der Waals surface area contributed by atoms with Crippen LogP contribution in [0.1, 0.15) is 12.0 Å². The lowest BCUT2D eigenvalue weighted by molar-refractivity contribution is 0.252. The van der Waals surface area contributed by atoms with Gasteiger partial charge in [-0.2, -0.15) is 0 Å². The van der Waals surface area contributed by atoms with Gasteiger partial charge in [0.25, 0.3) is 0 Å². The molecule has 100 valence electrons. The summed E-state index contributed by atoms with van der Waals surface area (Å²) in [6.45, 7) is 2.19. The summed E-state index contributed by atoms with van der Waals surface area (Å²) in [4.78, 5) is 15.4. The number of anilines is 1. The number of sulfone groups is 1. The van der Waals surface area contributed by atoms with Crippen LogP contribution in [0, 0.1) is 6.92 Å². The fourth-order valence-corrected chi connectivity index (χ4v) is 2.00. The number of aromatic nitrogens is 1. The maximum absolute atomic E-state index is 11.4. The number of nitrogens with zero attached hydrogens (tertiary/aromatic N) is 1. The fourth-order valence-electron chi connectivity index (χ4n) is 1.33. The van der Waals surface area contributed by atoms with Gasteiger partial charge in [0.15, 0.2) is 0 Å². The van der Waals surface area contributed by atoms with E-state index < -0.39 is 9.84 Å². The Labute approximate surface area is 107 Å². The van der Waals surface area contributed by atoms with Crippen LogP contribution in [0.4, 0.5) is 10.5 Å². The number of urea groups is 1. The number of hydrogen-bond donors (Lipinski definition) is 2. The van der Waals surface area contributed by atoms with Gasteiger partial charge in [-0.25, -0.2) is 13.2 Å². The first kappa shape index (κ1) is 14.4. The molecule has 18 heavy (non-hydrogen) atoms. The van der Waals surface area contributed by atoms with Crippen LogP contribution in [0.3, 0.4) is 0 Å². The molecule has 0 saturated carbocycles. The molecule has 0 spiro atoms. The molecule has 7 heteroatoms. The molecule has 0 aliphatic rings. The smallest absolute Gasteiger partial charge is 0.319 e. The second-order valence-electron chi connectivity index (χ2n) is 4.12. The van der Waals surface area contributed by atoms with Crippen LogP contribution in [0.25, 0.3) is 0 Å². The van der Waals surface area contributed by atoms with Gasteiger partial charge >= 0.3 is 6.03 Å². The van der Waals surface area contributed by atoms with Crippen LogP contribution >= 0.6 is 0 Å². The van der Waals surface area contributed by atoms with Crippen molar-refractivity contribution in [3.8, 4) is 0 Å². The quantitative estimate of drug-likeness (QED) is 0.780. The topological polar surface area (TPSA) is 88.2 Å². The van der Waals surface area contributed by atoms with Gasteiger partial charge in [0.2, 0.25) is 0 Å². The zero-order valence-corrected chi connectivity index (χ0v) is 11.3. The molecule has 0 radical (unpaired) electrons. The van der Waals surface area contributed by atoms with Gasteiger partial charge in [-0.1, -0.05) is 0 Å². The van der Waals surface area contributed by atoms with E-state index in [9.17, 15) is 13.2 Å². The Bertz CT molecular complexity index is 514. The third kappa shape index (κ3) is 6.19. The minimum atomic E-state index is -2.97. The molecule has 2 N–H and O–H groups in total. The number of carbonyl (C=O) groups excluding carboxylic acids is 1. The molecule has 0 bridgehead atoms. The maximum Gasteiger partial charge on any atom is 0.319 e. The number of nitrogens with one attached hydrogen (secondary N) is 2. The number of hydrogen-bond acceptors (Lipinski definition) is 4. The first-order valence-electron chi connectivity index (χ1n) is 5.51. The summed E-state index contributed by atoms with van der Waals surface area (Å²) >= 11 is 0. The Morgan fingerprint density at radius 2 is 2.11 bits per heavy atom. The molecule has 0 atom stereocenters. The van der Waals surface area contributed by atoms with Crippen LogP contribution in [-0.2, 0) is 9.84 Å². The molecule has 1 aromatic rings. The molecular formula is C11H17N3O3S. The van der Waals surface area contributed by atoms with E-state index in [4.69, 9.17) is 0 Å². The average Bonchev–Trinajstić information content (AvgIpc) is 2.23. The fraction of sp³-hybridized carbons (Fsp3) is 0.455. The van der Waals surface area contributed by atoms with Crippen molar-refractivity contribution in [1.82, 2.24) is 10.3 Å². The van der Waals surface area contributed by atoms with Crippen molar-refractivity contribution in [1.29, 1.82) is 0 Å². The van der Waals surface area contributed by atoms with Crippen molar-refractivity contribution in [3.63, 3.8) is 0 Å². The largest absolute Gasteiger partial charge is 0.338 e. The summed E-state index contributed by atoms with van der Waals surface area (Å²) in [5.41, 5.74) is 1.56. The van der Waals surface area contributed by atoms with Crippen molar-refractivity contribution in [2.75, 3.05) is 23.9 Å². The lowest BCUT2D eigenvalue weighted by Gasteiger charge is -2.07. The normalized spacial score (nSPS) is 11.0. The molecule has 0 aromatic carbocycles. The minimum absolute atomic E-state index is 0.0687. The molecule has 1 aromatic heterocycles. The highest BCUT2D eigenvalue weighted by Gasteiger charge is 2.04. The molecule has 1 rings (SSSR count). The third-order valence-electron chi connectivity index (χ3n) is 2.11. The maximum atomic E-state index is 11.4. The van der Waals surface area contributed by atoms with E-state index in [1.165, 1.54) is 6.26 Å². The van der Waals surface area contributed by atoms with E-state index in [-0.39, 0.29) is 11.8 Å². The standard InChI is InChI=1S/C11H17N3O3S/c1-9-6-10(8-12-7-9)14-11(15)13-4-3-5-18(2,16)17/h6-8H,3-5H2,1-2H3,(H2,13,14,15). The molecule has 0 fully saturated rings. The zero-order chi connectivity index (χ0) is 13.6. The molecule has 2 amide bonds. The average molecular weight is 271 g/mol. The number of aryl methyl sites for hydroxylation is 1. The SMILES string of the molecule is Cc1cncc(NC(=O)NCCCS(C)(=O)=O)c1. The molecule has 0 aliphatic carbocycles. The lowest BCUT2D eigenvalue weighted by Crippen LogP contribution is -2.30. The Morgan fingerprint density at radius 3 is 2.72 bits per heavy atom. The Morgan fingerprint density at radius 1 is 1.39 bits per heavy atom. The molecule has 0 saturated heterocycles. The lowest BCUT2D eigenvalue weighted by atomic mass is 10.3. The number of rotatable bonds is 5. The van der Waals surface area contributed by atoms with Gasteiger partial charge in [-0.3, -0.25) is 4.98 Å². The monoisotopic (exact) mass is 271 g/mol. The van der Waals surface area contributed by atoms with E-state index in [0.717, 1.165) is 5.56 Å². The molecule has 0 aliphatic heterocycles. The van der Waals surface area contributed by atoms with Crippen molar-refractivity contribution in [2.24, 2.45) is 0 Å². The van der Waals surface area contributed by atoms with Gasteiger partial charge < -0.3 is 10.6 Å². The summed E-state index contributed by atoms with van der Waals surface area (Å²) in [7, 11) is -2.97. The predicted octanol–water partition coefficient (Wildman–Crippen LogP) is 0.946. The van der Waals surface area contributed by atoms with E-state index in [1.54, 1.807) is 18.5 Å². The van der Waals surface area contributed by atoms with Crippen LogP contribution in [0.2, 0.25) is 0 Å². The number of carbonyl (C=O) groups is 1. The van der Waals surface area contributed by atoms with E-state index >= 15 is 0 Å². The van der Waals surface area contributed by atoms with Crippen molar-refractivity contribution in [3.05, 3.63) is 24.0 Å². The Hall–Kier alpha value is -1.63. The van der Waals surface area contributed by atoms with E-state index in [1.807, 2.05) is 6.92 Å². The highest BCUT2D eigenvalue weighted by molar-refractivity contribution is 7.90. The molecular weight excluding hydrogens is 254 g/mol. The summed E-state index contributed by atoms with van der Waals surface area (Å²) in [6, 6.07) is 1.43. The summed E-state index contributed by atoms with van der Waals surface area (Å²) in [5.74, 6) is 0.0687. The summed E-state index contributed by atoms with van der Waals surface area (Å²) in [5, 5.41) is 5.20. The molecule has 0 unspecified atom stereocenters. The minimum Gasteiger partial charge on any atom is -0.338 e. The van der Waals surface area contributed by atoms with Crippen LogP contribution in [0.15, 0.2) is 18.5 Å². The summed E-state index contributed by atoms with van der Waals surface area (Å²) in [6.07, 6.45) is 4.81. The van der Waals surface area contributed by atoms with Crippen LogP contribution in [0.5, 0.6) is 0 Å². The Balaban J connectivity index is 2.30. The Kier molecular flexibility index (Phi) is 5.08. The molecule has 1 heterocycles. The highest BCUT2D eigenvalue weighted by Crippen LogP contribution is 2.06. The van der Waals surface area contributed by atoms with E-state index in [2.05, 4.69) is 15.6 Å². The second kappa shape index (κ2) is 6.34. The second-order valence-corrected chi connectivity index (χ2v) is 6.38. The summed E-state index contributed by atoms with van der Waals surface area (Å²) < 4.78 is 21.7. The first-order valence-corrected chi connectivity index (χ1v) is 7.57. The van der Waals surface area contributed by atoms with Crippen LogP contribution in [-0.4, -0.2) is 38.0 Å². The van der Waals surface area contributed by atoms with E-state index in [0.29, 0.717) is 18.7 Å². The predicted molar refractivity (Wildman–Crippen MR) is 70.3 cm³/mol. The van der Waals surface area contributed by atoms with Crippen molar-refractivity contribution in [2.45, 2.75) is 13.3 Å². The number of pyridine rings is 1. The van der Waals surface area contributed by atoms with Gasteiger partial charge in [0.05, 0.1) is 17.6 Å². The van der Waals surface area contributed by atoms with Crippen LogP contribution < -0.4 is 10.6 Å². The number of amides is 2. The zero-order valence-electron chi connectivity index (χ0n) is 10.4. The van der Waals surface area contributed by atoms with Crippen molar-refractivity contribution >= 4 is 21.6 Å². The van der Waals surface area contributed by atoms with Gasteiger partial charge in [-0.05, 0) is 25.0 Å². The molecule has 6 nitrogen and oxygen atoms in total.